The quantitative estimate of drug-likeness (QED) is 0.595. The van der Waals surface area contributed by atoms with E-state index in [1.165, 1.54) is 0 Å². The highest BCUT2D eigenvalue weighted by Gasteiger charge is 2.30. The van der Waals surface area contributed by atoms with E-state index in [1.807, 2.05) is 38.1 Å². The number of carbonyl (C=O) groups is 1. The van der Waals surface area contributed by atoms with Gasteiger partial charge in [0.25, 0.3) is 0 Å². The highest BCUT2D eigenvalue weighted by Crippen LogP contribution is 2.39. The van der Waals surface area contributed by atoms with Crippen LogP contribution in [0.5, 0.6) is 11.5 Å². The molecule has 7 nitrogen and oxygen atoms in total. The Hall–Kier alpha value is -3.09. The van der Waals surface area contributed by atoms with Gasteiger partial charge in [-0.15, -0.1) is 0 Å². The minimum atomic E-state index is -0.852. The Morgan fingerprint density at radius 1 is 1.19 bits per heavy atom. The van der Waals surface area contributed by atoms with Crippen molar-refractivity contribution < 1.29 is 19.4 Å². The minimum absolute atomic E-state index is 0.167. The van der Waals surface area contributed by atoms with Crippen LogP contribution in [0.1, 0.15) is 69.8 Å². The van der Waals surface area contributed by atoms with Crippen LogP contribution in [0.3, 0.4) is 0 Å². The normalized spacial score (nSPS) is 14.9. The van der Waals surface area contributed by atoms with E-state index in [2.05, 4.69) is 20.8 Å². The topological polar surface area (TPSA) is 86.0 Å². The third-order valence-corrected chi connectivity index (χ3v) is 5.84. The number of ether oxygens (including phenoxy) is 2. The molecule has 3 aromatic rings. The van der Waals surface area contributed by atoms with Gasteiger partial charge in [-0.1, -0.05) is 34.1 Å². The average molecular weight is 438 g/mol. The lowest BCUT2D eigenvalue weighted by Gasteiger charge is -2.20. The van der Waals surface area contributed by atoms with Crippen LogP contribution in [-0.4, -0.2) is 38.9 Å². The molecular formula is C25H31N3O4. The maximum Gasteiger partial charge on any atom is 0.311 e. The number of benzene rings is 1. The van der Waals surface area contributed by atoms with E-state index in [4.69, 9.17) is 19.6 Å². The van der Waals surface area contributed by atoms with Gasteiger partial charge in [0.1, 0.15) is 0 Å². The first-order chi connectivity index (χ1) is 15.2. The van der Waals surface area contributed by atoms with Crippen molar-refractivity contribution in [2.45, 2.75) is 65.2 Å². The molecule has 0 bridgehead atoms. The summed E-state index contributed by atoms with van der Waals surface area (Å²) >= 11 is 0. The van der Waals surface area contributed by atoms with Crippen LogP contribution in [0.2, 0.25) is 0 Å². The third kappa shape index (κ3) is 4.04. The van der Waals surface area contributed by atoms with Gasteiger partial charge in [-0.3, -0.25) is 4.79 Å². The number of aryl methyl sites for hydroxylation is 1. The Labute approximate surface area is 188 Å². The zero-order valence-corrected chi connectivity index (χ0v) is 19.4. The molecule has 32 heavy (non-hydrogen) atoms. The Balaban J connectivity index is 2.03. The second kappa shape index (κ2) is 8.45. The molecule has 1 aromatic carbocycles. The van der Waals surface area contributed by atoms with Gasteiger partial charge in [-0.2, -0.15) is 5.10 Å². The Kier molecular flexibility index (Phi) is 5.84. The maximum absolute atomic E-state index is 12.3. The minimum Gasteiger partial charge on any atom is -0.490 e. The summed E-state index contributed by atoms with van der Waals surface area (Å²) in [5.74, 6) is -0.159. The Morgan fingerprint density at radius 3 is 2.56 bits per heavy atom. The van der Waals surface area contributed by atoms with Crippen LogP contribution >= 0.6 is 0 Å². The molecule has 7 heteroatoms. The smallest absolute Gasteiger partial charge is 0.311 e. The molecule has 1 aliphatic rings. The standard InChI is InChI=1S/C25H31N3O4/c1-6-8-17(24(29)30)22-15(2)26-21-14-20(25(3,4)5)27-28(21)23(22)16-9-10-18-19(13-16)32-12-7-11-31-18/h9-10,13-14,17H,6-8,11-12H2,1-5H3,(H,29,30). The molecule has 4 rings (SSSR count). The van der Waals surface area contributed by atoms with Gasteiger partial charge in [-0.25, -0.2) is 9.50 Å². The monoisotopic (exact) mass is 437 g/mol. The number of nitrogens with zero attached hydrogens (tertiary/aromatic N) is 3. The largest absolute Gasteiger partial charge is 0.490 e. The number of aromatic nitrogens is 3. The summed E-state index contributed by atoms with van der Waals surface area (Å²) in [7, 11) is 0. The van der Waals surface area contributed by atoms with E-state index in [0.717, 1.165) is 29.8 Å². The predicted octanol–water partition coefficient (Wildman–Crippen LogP) is 5.13. The Morgan fingerprint density at radius 2 is 1.91 bits per heavy atom. The van der Waals surface area contributed by atoms with Gasteiger partial charge in [-0.05, 0) is 31.5 Å². The molecule has 0 aliphatic carbocycles. The molecular weight excluding hydrogens is 406 g/mol. The van der Waals surface area contributed by atoms with Crippen molar-refractivity contribution in [1.82, 2.24) is 14.6 Å². The van der Waals surface area contributed by atoms with Gasteiger partial charge < -0.3 is 14.6 Å². The van der Waals surface area contributed by atoms with Crippen molar-refractivity contribution in [3.63, 3.8) is 0 Å². The lowest BCUT2D eigenvalue weighted by molar-refractivity contribution is -0.139. The second-order valence-corrected chi connectivity index (χ2v) is 9.40. The summed E-state index contributed by atoms with van der Waals surface area (Å²) in [5, 5.41) is 15.0. The van der Waals surface area contributed by atoms with Crippen LogP contribution in [0, 0.1) is 6.92 Å². The van der Waals surface area contributed by atoms with Crippen LogP contribution in [0.15, 0.2) is 24.3 Å². The van der Waals surface area contributed by atoms with Gasteiger partial charge in [0, 0.05) is 34.7 Å². The van der Waals surface area contributed by atoms with Gasteiger partial charge in [0.15, 0.2) is 17.1 Å². The van der Waals surface area contributed by atoms with E-state index in [1.54, 1.807) is 4.52 Å². The lowest BCUT2D eigenvalue weighted by Crippen LogP contribution is -2.17. The molecule has 1 aliphatic heterocycles. The number of fused-ring (bicyclic) bond motifs is 2. The molecule has 1 unspecified atom stereocenters. The lowest BCUT2D eigenvalue weighted by atomic mass is 9.89. The maximum atomic E-state index is 12.3. The van der Waals surface area contributed by atoms with Crippen LogP contribution in [-0.2, 0) is 10.2 Å². The van der Waals surface area contributed by atoms with Crippen LogP contribution in [0.4, 0.5) is 0 Å². The van der Waals surface area contributed by atoms with Crippen LogP contribution in [0.25, 0.3) is 16.9 Å². The fraction of sp³-hybridized carbons (Fsp3) is 0.480. The molecule has 2 aromatic heterocycles. The van der Waals surface area contributed by atoms with E-state index in [-0.39, 0.29) is 5.41 Å². The second-order valence-electron chi connectivity index (χ2n) is 9.40. The van der Waals surface area contributed by atoms with Crippen molar-refractivity contribution in [3.05, 3.63) is 41.2 Å². The molecule has 0 fully saturated rings. The summed E-state index contributed by atoms with van der Waals surface area (Å²) in [4.78, 5) is 17.1. The molecule has 0 spiro atoms. The zero-order chi connectivity index (χ0) is 23.0. The fourth-order valence-electron chi connectivity index (χ4n) is 4.18. The molecule has 0 saturated carbocycles. The first kappa shape index (κ1) is 22.1. The van der Waals surface area contributed by atoms with Crippen LogP contribution < -0.4 is 9.47 Å². The summed E-state index contributed by atoms with van der Waals surface area (Å²) < 4.78 is 13.5. The molecule has 0 radical (unpaired) electrons. The number of rotatable bonds is 5. The van der Waals surface area contributed by atoms with E-state index < -0.39 is 11.9 Å². The Bertz CT molecular complexity index is 1160. The van der Waals surface area contributed by atoms with E-state index >= 15 is 0 Å². The van der Waals surface area contributed by atoms with Crippen molar-refractivity contribution in [3.8, 4) is 22.8 Å². The molecule has 3 heterocycles. The summed E-state index contributed by atoms with van der Waals surface area (Å²) in [6.45, 7) is 11.4. The third-order valence-electron chi connectivity index (χ3n) is 5.84. The number of carboxylic acid groups (broad SMARTS) is 1. The molecule has 0 saturated heterocycles. The molecule has 1 N–H and O–H groups in total. The summed E-state index contributed by atoms with van der Waals surface area (Å²) in [6, 6.07) is 7.76. The average Bonchev–Trinajstić information content (AvgIpc) is 3.01. The SMILES string of the molecule is CCCC(C(=O)O)c1c(C)nc2cc(C(C)(C)C)nn2c1-c1ccc2c(c1)OCCCO2. The van der Waals surface area contributed by atoms with Crippen molar-refractivity contribution in [2.75, 3.05) is 13.2 Å². The van der Waals surface area contributed by atoms with Gasteiger partial charge in [0.05, 0.1) is 30.5 Å². The number of hydrogen-bond acceptors (Lipinski definition) is 5. The highest BCUT2D eigenvalue weighted by atomic mass is 16.5. The molecule has 1 atom stereocenters. The van der Waals surface area contributed by atoms with E-state index in [0.29, 0.717) is 48.0 Å². The zero-order valence-electron chi connectivity index (χ0n) is 19.4. The molecule has 0 amide bonds. The number of aliphatic carboxylic acids is 1. The first-order valence-corrected chi connectivity index (χ1v) is 11.2. The van der Waals surface area contributed by atoms with Gasteiger partial charge in [0.2, 0.25) is 0 Å². The summed E-state index contributed by atoms with van der Waals surface area (Å²) in [5.41, 5.74) is 4.44. The highest BCUT2D eigenvalue weighted by molar-refractivity contribution is 5.82. The number of hydrogen-bond donors (Lipinski definition) is 1. The van der Waals surface area contributed by atoms with Crippen molar-refractivity contribution in [2.24, 2.45) is 0 Å². The van der Waals surface area contributed by atoms with E-state index in [9.17, 15) is 9.90 Å². The predicted molar refractivity (Wildman–Crippen MR) is 123 cm³/mol. The first-order valence-electron chi connectivity index (χ1n) is 11.2. The van der Waals surface area contributed by atoms with Gasteiger partial charge >= 0.3 is 5.97 Å². The van der Waals surface area contributed by atoms with Crippen molar-refractivity contribution in [1.29, 1.82) is 0 Å². The fourth-order valence-corrected chi connectivity index (χ4v) is 4.18. The van der Waals surface area contributed by atoms with Crippen molar-refractivity contribution >= 4 is 11.6 Å². The summed E-state index contributed by atoms with van der Waals surface area (Å²) in [6.07, 6.45) is 2.09. The number of carboxylic acids is 1. The molecule has 170 valence electrons.